The van der Waals surface area contributed by atoms with Crippen LogP contribution < -0.4 is 5.32 Å². The molecule has 1 N–H and O–H groups in total. The van der Waals surface area contributed by atoms with Crippen molar-refractivity contribution in [2.24, 2.45) is 0 Å². The van der Waals surface area contributed by atoms with Crippen molar-refractivity contribution in [3.05, 3.63) is 50.8 Å². The molecule has 0 aliphatic heterocycles. The van der Waals surface area contributed by atoms with E-state index in [1.165, 1.54) is 5.56 Å². The number of halogens is 2. The van der Waals surface area contributed by atoms with E-state index in [-0.39, 0.29) is 0 Å². The summed E-state index contributed by atoms with van der Waals surface area (Å²) in [6.07, 6.45) is 0. The second-order valence-corrected chi connectivity index (χ2v) is 6.20. The first-order valence-electron chi connectivity index (χ1n) is 5.96. The number of nitrogens with one attached hydrogen (secondary N) is 1. The molecule has 0 radical (unpaired) electrons. The van der Waals surface area contributed by atoms with E-state index in [9.17, 15) is 0 Å². The third kappa shape index (κ3) is 4.37. The highest BCUT2D eigenvalue weighted by Crippen LogP contribution is 2.27. The van der Waals surface area contributed by atoms with Crippen molar-refractivity contribution < 1.29 is 4.42 Å². The average molecular weight is 388 g/mol. The molecule has 19 heavy (non-hydrogen) atoms. The number of anilines is 1. The molecule has 0 amide bonds. The Balaban J connectivity index is 1.92. The Morgan fingerprint density at radius 2 is 1.84 bits per heavy atom. The van der Waals surface area contributed by atoms with Crippen LogP contribution in [0.3, 0.4) is 0 Å². The Bertz CT molecular complexity index is 515. The van der Waals surface area contributed by atoms with Crippen LogP contribution in [0.2, 0.25) is 0 Å². The van der Waals surface area contributed by atoms with E-state index >= 15 is 0 Å². The van der Waals surface area contributed by atoms with E-state index in [1.54, 1.807) is 0 Å². The van der Waals surface area contributed by atoms with Gasteiger partial charge in [-0.1, -0.05) is 12.1 Å². The Morgan fingerprint density at radius 1 is 1.16 bits per heavy atom. The van der Waals surface area contributed by atoms with Crippen molar-refractivity contribution in [2.75, 3.05) is 19.4 Å². The first-order valence-corrected chi connectivity index (χ1v) is 7.54. The van der Waals surface area contributed by atoms with Crippen molar-refractivity contribution >= 4 is 37.5 Å². The summed E-state index contributed by atoms with van der Waals surface area (Å²) >= 11 is 6.73. The number of benzene rings is 1. The fourth-order valence-corrected chi connectivity index (χ4v) is 2.42. The van der Waals surface area contributed by atoms with Gasteiger partial charge in [-0.2, -0.15) is 0 Å². The molecule has 0 saturated heterocycles. The molecule has 102 valence electrons. The van der Waals surface area contributed by atoms with Gasteiger partial charge in [0.05, 0.1) is 11.0 Å². The summed E-state index contributed by atoms with van der Waals surface area (Å²) in [5, 5.41) is 3.33. The van der Waals surface area contributed by atoms with E-state index in [4.69, 9.17) is 4.42 Å². The second kappa shape index (κ2) is 6.59. The third-order valence-electron chi connectivity index (χ3n) is 2.62. The molecule has 0 unspecified atom stereocenters. The van der Waals surface area contributed by atoms with Crippen molar-refractivity contribution in [1.82, 2.24) is 4.90 Å². The van der Waals surface area contributed by atoms with E-state index in [2.05, 4.69) is 80.4 Å². The summed E-state index contributed by atoms with van der Waals surface area (Å²) in [7, 11) is 4.14. The van der Waals surface area contributed by atoms with Gasteiger partial charge in [-0.05, 0) is 69.7 Å². The number of hydrogen-bond donors (Lipinski definition) is 1. The molecular formula is C14H16Br2N2O. The Kier molecular flexibility index (Phi) is 5.07. The normalized spacial score (nSPS) is 11.0. The van der Waals surface area contributed by atoms with Crippen LogP contribution in [0.15, 0.2) is 43.9 Å². The van der Waals surface area contributed by atoms with Crippen LogP contribution in [0, 0.1) is 0 Å². The standard InChI is InChI=1S/C14H16Br2N2O/c1-18(2)9-10-3-5-11(6-4-10)17-8-12-7-13(15)14(16)19-12/h3-7,17H,8-9H2,1-2H3. The van der Waals surface area contributed by atoms with Gasteiger partial charge in [0.1, 0.15) is 5.76 Å². The lowest BCUT2D eigenvalue weighted by Crippen LogP contribution is -2.10. The third-order valence-corrected chi connectivity index (χ3v) is 4.33. The van der Waals surface area contributed by atoms with Crippen LogP contribution in [0.25, 0.3) is 0 Å². The minimum absolute atomic E-state index is 0.664. The maximum atomic E-state index is 5.51. The maximum absolute atomic E-state index is 5.51. The summed E-state index contributed by atoms with van der Waals surface area (Å²) in [6.45, 7) is 1.62. The van der Waals surface area contributed by atoms with Crippen molar-refractivity contribution in [3.8, 4) is 0 Å². The van der Waals surface area contributed by atoms with Crippen LogP contribution in [-0.2, 0) is 13.1 Å². The van der Waals surface area contributed by atoms with Gasteiger partial charge in [0.25, 0.3) is 0 Å². The Hall–Kier alpha value is -0.780. The Labute approximate surface area is 130 Å². The largest absolute Gasteiger partial charge is 0.451 e. The Morgan fingerprint density at radius 3 is 2.37 bits per heavy atom. The minimum atomic E-state index is 0.664. The maximum Gasteiger partial charge on any atom is 0.183 e. The molecule has 1 aromatic carbocycles. The fourth-order valence-electron chi connectivity index (χ4n) is 1.76. The number of furan rings is 1. The minimum Gasteiger partial charge on any atom is -0.451 e. The summed E-state index contributed by atoms with van der Waals surface area (Å²) in [5.41, 5.74) is 2.39. The molecule has 5 heteroatoms. The first kappa shape index (κ1) is 14.6. The molecule has 0 bridgehead atoms. The van der Waals surface area contributed by atoms with Gasteiger partial charge in [-0.3, -0.25) is 0 Å². The SMILES string of the molecule is CN(C)Cc1ccc(NCc2cc(Br)c(Br)o2)cc1. The van der Waals surface area contributed by atoms with Gasteiger partial charge in [0.15, 0.2) is 4.67 Å². The molecule has 3 nitrogen and oxygen atoms in total. The molecule has 0 atom stereocenters. The molecule has 0 spiro atoms. The van der Waals surface area contributed by atoms with E-state index in [0.717, 1.165) is 27.1 Å². The highest BCUT2D eigenvalue weighted by Gasteiger charge is 2.05. The lowest BCUT2D eigenvalue weighted by atomic mass is 10.2. The second-order valence-electron chi connectivity index (χ2n) is 4.62. The summed E-state index contributed by atoms with van der Waals surface area (Å²) in [5.74, 6) is 0.885. The van der Waals surface area contributed by atoms with Crippen molar-refractivity contribution in [1.29, 1.82) is 0 Å². The predicted molar refractivity (Wildman–Crippen MR) is 85.3 cm³/mol. The molecule has 0 aliphatic carbocycles. The smallest absolute Gasteiger partial charge is 0.183 e. The van der Waals surface area contributed by atoms with Gasteiger partial charge in [0, 0.05) is 12.2 Å². The lowest BCUT2D eigenvalue weighted by molar-refractivity contribution is 0.402. The zero-order chi connectivity index (χ0) is 13.8. The van der Waals surface area contributed by atoms with Gasteiger partial charge in [-0.25, -0.2) is 0 Å². The highest BCUT2D eigenvalue weighted by atomic mass is 79.9. The van der Waals surface area contributed by atoms with Gasteiger partial charge >= 0.3 is 0 Å². The molecule has 0 fully saturated rings. The van der Waals surface area contributed by atoms with E-state index in [1.807, 2.05) is 6.07 Å². The predicted octanol–water partition coefficient (Wildman–Crippen LogP) is 4.48. The van der Waals surface area contributed by atoms with Crippen LogP contribution in [0.1, 0.15) is 11.3 Å². The molecule has 2 aromatic rings. The zero-order valence-electron chi connectivity index (χ0n) is 10.9. The first-order chi connectivity index (χ1) is 9.04. The molecule has 2 rings (SSSR count). The number of rotatable bonds is 5. The molecule has 1 heterocycles. The molecule has 1 aromatic heterocycles. The summed E-state index contributed by atoms with van der Waals surface area (Å²) in [4.78, 5) is 2.15. The summed E-state index contributed by atoms with van der Waals surface area (Å²) in [6, 6.07) is 10.4. The van der Waals surface area contributed by atoms with Crippen LogP contribution >= 0.6 is 31.9 Å². The quantitative estimate of drug-likeness (QED) is 0.819. The average Bonchev–Trinajstić information content (AvgIpc) is 2.67. The van der Waals surface area contributed by atoms with Crippen molar-refractivity contribution in [2.45, 2.75) is 13.1 Å². The zero-order valence-corrected chi connectivity index (χ0v) is 14.1. The van der Waals surface area contributed by atoms with Gasteiger partial charge in [-0.15, -0.1) is 0 Å². The summed E-state index contributed by atoms with van der Waals surface area (Å²) < 4.78 is 7.18. The molecule has 0 saturated carbocycles. The number of nitrogens with zero attached hydrogens (tertiary/aromatic N) is 1. The van der Waals surface area contributed by atoms with Crippen LogP contribution in [0.5, 0.6) is 0 Å². The van der Waals surface area contributed by atoms with E-state index in [0.29, 0.717) is 6.54 Å². The fraction of sp³-hybridized carbons (Fsp3) is 0.286. The number of hydrogen-bond acceptors (Lipinski definition) is 3. The van der Waals surface area contributed by atoms with Crippen molar-refractivity contribution in [3.63, 3.8) is 0 Å². The lowest BCUT2D eigenvalue weighted by Gasteiger charge is -2.10. The van der Waals surface area contributed by atoms with Gasteiger partial charge in [0.2, 0.25) is 0 Å². The topological polar surface area (TPSA) is 28.4 Å². The monoisotopic (exact) mass is 386 g/mol. The van der Waals surface area contributed by atoms with Gasteiger partial charge < -0.3 is 14.6 Å². The van der Waals surface area contributed by atoms with E-state index < -0.39 is 0 Å². The van der Waals surface area contributed by atoms with Crippen LogP contribution in [0.4, 0.5) is 5.69 Å². The molecule has 0 aliphatic rings. The van der Waals surface area contributed by atoms with Crippen LogP contribution in [-0.4, -0.2) is 19.0 Å². The highest BCUT2D eigenvalue weighted by molar-refractivity contribution is 9.13. The molecular weight excluding hydrogens is 372 g/mol.